The minimum absolute atomic E-state index is 0.0336. The lowest BCUT2D eigenvalue weighted by atomic mass is 10.0. The maximum Gasteiger partial charge on any atom is 0.223 e. The van der Waals surface area contributed by atoms with Crippen LogP contribution in [-0.2, 0) is 4.79 Å². The van der Waals surface area contributed by atoms with Gasteiger partial charge in [-0.25, -0.2) is 19.9 Å². The molecule has 9 heteroatoms. The second kappa shape index (κ2) is 8.49. The molecule has 1 unspecified atom stereocenters. The van der Waals surface area contributed by atoms with Crippen molar-refractivity contribution in [3.63, 3.8) is 0 Å². The summed E-state index contributed by atoms with van der Waals surface area (Å²) in [5.74, 6) is 1.46. The predicted octanol–water partition coefficient (Wildman–Crippen LogP) is 2.86. The number of rotatable bonds is 6. The van der Waals surface area contributed by atoms with Gasteiger partial charge in [0.25, 0.3) is 0 Å². The van der Waals surface area contributed by atoms with Gasteiger partial charge in [0.05, 0.1) is 18.2 Å². The number of likely N-dealkylation sites (N-methyl/N-ethyl adjacent to an activating group) is 1. The van der Waals surface area contributed by atoms with Gasteiger partial charge in [-0.2, -0.15) is 0 Å². The van der Waals surface area contributed by atoms with Crippen molar-refractivity contribution in [1.82, 2.24) is 24.9 Å². The molecule has 0 saturated carbocycles. The number of anilines is 2. The van der Waals surface area contributed by atoms with E-state index in [4.69, 9.17) is 0 Å². The number of aromatic amines is 1. The summed E-state index contributed by atoms with van der Waals surface area (Å²) in [6.07, 6.45) is 5.14. The van der Waals surface area contributed by atoms with Crippen LogP contribution in [0.15, 0.2) is 48.9 Å². The number of carbonyl (C=O) groups excluding carboxylic acids is 1. The second-order valence-corrected chi connectivity index (χ2v) is 7.31. The monoisotopic (exact) mass is 417 g/mol. The zero-order valence-corrected chi connectivity index (χ0v) is 17.5. The highest BCUT2D eigenvalue weighted by molar-refractivity contribution is 5.97. The first-order valence-corrected chi connectivity index (χ1v) is 9.85. The van der Waals surface area contributed by atoms with Gasteiger partial charge in [-0.05, 0) is 42.8 Å². The Hall–Kier alpha value is -3.85. The molecule has 4 aromatic rings. The van der Waals surface area contributed by atoms with Crippen LogP contribution in [0.1, 0.15) is 13.8 Å². The van der Waals surface area contributed by atoms with E-state index >= 15 is 0 Å². The van der Waals surface area contributed by atoms with Crippen LogP contribution in [0.4, 0.5) is 11.8 Å². The molecule has 0 spiro atoms. The number of amides is 1. The minimum Gasteiger partial charge on any atom is -0.394 e. The molecular weight excluding hydrogens is 394 g/mol. The Morgan fingerprint density at radius 1 is 1.19 bits per heavy atom. The molecule has 31 heavy (non-hydrogen) atoms. The fraction of sp³-hybridized carbons (Fsp3) is 0.227. The van der Waals surface area contributed by atoms with E-state index in [0.29, 0.717) is 17.3 Å². The van der Waals surface area contributed by atoms with Crippen molar-refractivity contribution < 1.29 is 9.90 Å². The lowest BCUT2D eigenvalue weighted by molar-refractivity contribution is -0.114. The Kier molecular flexibility index (Phi) is 5.59. The highest BCUT2D eigenvalue weighted by atomic mass is 16.3. The molecule has 0 fully saturated rings. The van der Waals surface area contributed by atoms with E-state index in [1.165, 1.54) is 6.92 Å². The van der Waals surface area contributed by atoms with E-state index in [0.717, 1.165) is 28.0 Å². The molecule has 0 aliphatic rings. The SMILES string of the molecule is CC(=O)Nc1nc2c(-c3ncccn3)cc(-c3ccc(N(C)C(C)CO)nc3)cc2[nH]1. The summed E-state index contributed by atoms with van der Waals surface area (Å²) >= 11 is 0. The summed E-state index contributed by atoms with van der Waals surface area (Å²) in [5, 5.41) is 12.1. The van der Waals surface area contributed by atoms with Crippen LogP contribution in [0.2, 0.25) is 0 Å². The number of carbonyl (C=O) groups is 1. The van der Waals surface area contributed by atoms with Crippen LogP contribution in [0, 0.1) is 0 Å². The van der Waals surface area contributed by atoms with E-state index in [1.807, 2.05) is 43.1 Å². The summed E-state index contributed by atoms with van der Waals surface area (Å²) in [6.45, 7) is 3.41. The molecule has 0 saturated heterocycles. The Labute approximate surface area is 179 Å². The first-order chi connectivity index (χ1) is 15.0. The lowest BCUT2D eigenvalue weighted by Crippen LogP contribution is -2.32. The van der Waals surface area contributed by atoms with Gasteiger partial charge in [-0.1, -0.05) is 0 Å². The number of aliphatic hydroxyl groups is 1. The largest absolute Gasteiger partial charge is 0.394 e. The van der Waals surface area contributed by atoms with Crippen LogP contribution in [0.5, 0.6) is 0 Å². The van der Waals surface area contributed by atoms with Gasteiger partial charge in [0, 0.05) is 43.7 Å². The summed E-state index contributed by atoms with van der Waals surface area (Å²) in [4.78, 5) is 34.3. The highest BCUT2D eigenvalue weighted by Crippen LogP contribution is 2.32. The van der Waals surface area contributed by atoms with Crippen LogP contribution in [-0.4, -0.2) is 55.6 Å². The van der Waals surface area contributed by atoms with Crippen LogP contribution < -0.4 is 10.2 Å². The molecule has 0 aliphatic carbocycles. The molecule has 1 aromatic carbocycles. The maximum absolute atomic E-state index is 11.5. The highest BCUT2D eigenvalue weighted by Gasteiger charge is 2.16. The van der Waals surface area contributed by atoms with E-state index in [-0.39, 0.29) is 18.6 Å². The topological polar surface area (TPSA) is 120 Å². The average molecular weight is 417 g/mol. The van der Waals surface area contributed by atoms with E-state index < -0.39 is 0 Å². The molecule has 3 aromatic heterocycles. The Morgan fingerprint density at radius 3 is 2.61 bits per heavy atom. The van der Waals surface area contributed by atoms with Crippen molar-refractivity contribution in [2.45, 2.75) is 19.9 Å². The van der Waals surface area contributed by atoms with Gasteiger partial charge in [-0.3, -0.25) is 10.1 Å². The number of hydrogen-bond acceptors (Lipinski definition) is 7. The summed E-state index contributed by atoms with van der Waals surface area (Å²) < 4.78 is 0. The molecule has 4 rings (SSSR count). The molecule has 1 atom stereocenters. The molecule has 0 radical (unpaired) electrons. The Balaban J connectivity index is 1.80. The number of pyridine rings is 1. The number of benzene rings is 1. The number of aromatic nitrogens is 5. The zero-order chi connectivity index (χ0) is 22.0. The number of hydrogen-bond donors (Lipinski definition) is 3. The van der Waals surface area contributed by atoms with Gasteiger partial charge in [0.2, 0.25) is 11.9 Å². The van der Waals surface area contributed by atoms with Crippen LogP contribution >= 0.6 is 0 Å². The van der Waals surface area contributed by atoms with Crippen LogP contribution in [0.3, 0.4) is 0 Å². The third-order valence-electron chi connectivity index (χ3n) is 5.06. The van der Waals surface area contributed by atoms with E-state index in [1.54, 1.807) is 24.7 Å². The third kappa shape index (κ3) is 4.22. The summed E-state index contributed by atoms with van der Waals surface area (Å²) in [5.41, 5.74) is 3.98. The molecule has 9 nitrogen and oxygen atoms in total. The standard InChI is InChI=1S/C22H23N7O2/c1-13(12-30)29(3)19-6-5-15(11-25-19)16-9-17(21-23-7-4-8-24-21)20-18(10-16)27-22(28-20)26-14(2)31/h4-11,13,30H,12H2,1-3H3,(H2,26,27,28,31). The van der Waals surface area contributed by atoms with Gasteiger partial charge in [0.1, 0.15) is 11.3 Å². The predicted molar refractivity (Wildman–Crippen MR) is 120 cm³/mol. The van der Waals surface area contributed by atoms with Crippen molar-refractivity contribution in [3.05, 3.63) is 48.9 Å². The van der Waals surface area contributed by atoms with Gasteiger partial charge >= 0.3 is 0 Å². The van der Waals surface area contributed by atoms with Crippen molar-refractivity contribution in [2.24, 2.45) is 0 Å². The molecule has 3 N–H and O–H groups in total. The van der Waals surface area contributed by atoms with E-state index in [9.17, 15) is 9.90 Å². The molecular formula is C22H23N7O2. The Morgan fingerprint density at radius 2 is 1.97 bits per heavy atom. The number of H-pyrrole nitrogens is 1. The quantitative estimate of drug-likeness (QED) is 0.441. The maximum atomic E-state index is 11.5. The van der Waals surface area contributed by atoms with Crippen molar-refractivity contribution in [3.8, 4) is 22.5 Å². The molecule has 0 bridgehead atoms. The number of nitrogens with one attached hydrogen (secondary N) is 2. The summed E-state index contributed by atoms with van der Waals surface area (Å²) in [7, 11) is 1.90. The normalized spacial score (nSPS) is 12.0. The average Bonchev–Trinajstić information content (AvgIpc) is 3.19. The second-order valence-electron chi connectivity index (χ2n) is 7.31. The molecule has 0 aliphatic heterocycles. The molecule has 1 amide bonds. The van der Waals surface area contributed by atoms with Crippen molar-refractivity contribution in [2.75, 3.05) is 23.9 Å². The van der Waals surface area contributed by atoms with Gasteiger partial charge in [-0.15, -0.1) is 0 Å². The minimum atomic E-state index is -0.210. The lowest BCUT2D eigenvalue weighted by Gasteiger charge is -2.24. The smallest absolute Gasteiger partial charge is 0.223 e. The fourth-order valence-electron chi connectivity index (χ4n) is 3.23. The number of fused-ring (bicyclic) bond motifs is 1. The van der Waals surface area contributed by atoms with E-state index in [2.05, 4.69) is 30.2 Å². The molecule has 3 heterocycles. The van der Waals surface area contributed by atoms with Crippen LogP contribution in [0.25, 0.3) is 33.5 Å². The zero-order valence-electron chi connectivity index (χ0n) is 17.5. The third-order valence-corrected chi connectivity index (χ3v) is 5.06. The number of nitrogens with zero attached hydrogens (tertiary/aromatic N) is 5. The number of aliphatic hydroxyl groups excluding tert-OH is 1. The fourth-order valence-corrected chi connectivity index (χ4v) is 3.23. The van der Waals surface area contributed by atoms with Gasteiger partial charge < -0.3 is 15.0 Å². The summed E-state index contributed by atoms with van der Waals surface area (Å²) in [6, 6.07) is 9.53. The molecule has 158 valence electrons. The number of imidazole rings is 1. The first-order valence-electron chi connectivity index (χ1n) is 9.85. The van der Waals surface area contributed by atoms with Crippen molar-refractivity contribution in [1.29, 1.82) is 0 Å². The van der Waals surface area contributed by atoms with Gasteiger partial charge in [0.15, 0.2) is 5.82 Å². The van der Waals surface area contributed by atoms with Crippen molar-refractivity contribution >= 4 is 28.7 Å². The Bertz CT molecular complexity index is 1210. The first kappa shape index (κ1) is 20.4.